The number of hydrogen-bond donors (Lipinski definition) is 1. The summed E-state index contributed by atoms with van der Waals surface area (Å²) in [7, 11) is 0. The largest absolute Gasteiger partial charge is 0.484 e. The molecule has 1 heterocycles. The highest BCUT2D eigenvalue weighted by Gasteiger charge is 2.31. The van der Waals surface area contributed by atoms with Crippen molar-refractivity contribution in [2.45, 2.75) is 27.7 Å². The summed E-state index contributed by atoms with van der Waals surface area (Å²) >= 11 is 0. The van der Waals surface area contributed by atoms with Gasteiger partial charge < -0.3 is 18.6 Å². The zero-order valence-corrected chi connectivity index (χ0v) is 16.3. The molecule has 1 aromatic heterocycles. The number of carbonyl (C=O) groups excluding carboxylic acids is 3. The molecule has 0 radical (unpaired) electrons. The fourth-order valence-corrected chi connectivity index (χ4v) is 2.50. The summed E-state index contributed by atoms with van der Waals surface area (Å²) in [4.78, 5) is 36.8. The number of ether oxygens (including phenoxy) is 3. The number of nitrogens with one attached hydrogen (secondary N) is 1. The van der Waals surface area contributed by atoms with E-state index in [1.807, 2.05) is 19.1 Å². The number of esters is 2. The molecule has 28 heavy (non-hydrogen) atoms. The first-order valence-corrected chi connectivity index (χ1v) is 8.84. The molecular weight excluding hydrogens is 366 g/mol. The van der Waals surface area contributed by atoms with Crippen molar-refractivity contribution in [1.82, 2.24) is 0 Å². The molecule has 0 spiro atoms. The standard InChI is InChI=1S/C20H23NO7/c1-5-25-19(23)16-13(4)28-18(17(16)20(24)26-6-2)21-15(22)11-27-14-9-7-8-12(3)10-14/h7-10H,5-6,11H2,1-4H3,(H,21,22). The summed E-state index contributed by atoms with van der Waals surface area (Å²) in [6.07, 6.45) is 0. The van der Waals surface area contributed by atoms with E-state index in [0.717, 1.165) is 5.56 Å². The summed E-state index contributed by atoms with van der Waals surface area (Å²) in [6.45, 7) is 6.58. The third-order valence-corrected chi connectivity index (χ3v) is 3.66. The average Bonchev–Trinajstić information content (AvgIpc) is 2.96. The highest BCUT2D eigenvalue weighted by molar-refractivity contribution is 6.09. The number of aryl methyl sites for hydroxylation is 2. The number of hydrogen-bond acceptors (Lipinski definition) is 7. The van der Waals surface area contributed by atoms with Gasteiger partial charge >= 0.3 is 11.9 Å². The third-order valence-electron chi connectivity index (χ3n) is 3.66. The van der Waals surface area contributed by atoms with Crippen LogP contribution < -0.4 is 10.1 Å². The van der Waals surface area contributed by atoms with E-state index in [-0.39, 0.29) is 42.6 Å². The number of rotatable bonds is 8. The molecule has 1 N–H and O–H groups in total. The number of carbonyl (C=O) groups is 3. The Balaban J connectivity index is 2.21. The van der Waals surface area contributed by atoms with Crippen molar-refractivity contribution in [3.8, 4) is 5.75 Å². The van der Waals surface area contributed by atoms with Crippen molar-refractivity contribution in [1.29, 1.82) is 0 Å². The molecule has 0 aliphatic carbocycles. The van der Waals surface area contributed by atoms with Crippen LogP contribution in [0.1, 0.15) is 45.9 Å². The maximum absolute atomic E-state index is 12.3. The monoisotopic (exact) mass is 389 g/mol. The van der Waals surface area contributed by atoms with Crippen LogP contribution in [0.4, 0.5) is 5.88 Å². The van der Waals surface area contributed by atoms with Gasteiger partial charge in [-0.15, -0.1) is 0 Å². The number of furan rings is 1. The quantitative estimate of drug-likeness (QED) is 0.691. The highest BCUT2D eigenvalue weighted by Crippen LogP contribution is 2.29. The Morgan fingerprint density at radius 2 is 1.64 bits per heavy atom. The number of anilines is 1. The molecule has 1 aromatic carbocycles. The van der Waals surface area contributed by atoms with Gasteiger partial charge in [0, 0.05) is 0 Å². The lowest BCUT2D eigenvalue weighted by Gasteiger charge is -2.08. The van der Waals surface area contributed by atoms with Crippen LogP contribution in [0.3, 0.4) is 0 Å². The topological polar surface area (TPSA) is 104 Å². The lowest BCUT2D eigenvalue weighted by Crippen LogP contribution is -2.22. The molecular formula is C20H23NO7. The van der Waals surface area contributed by atoms with Crippen LogP contribution in [-0.4, -0.2) is 37.7 Å². The van der Waals surface area contributed by atoms with Crippen molar-refractivity contribution in [2.75, 3.05) is 25.1 Å². The molecule has 0 atom stereocenters. The van der Waals surface area contributed by atoms with Crippen molar-refractivity contribution in [2.24, 2.45) is 0 Å². The third kappa shape index (κ3) is 5.12. The molecule has 150 valence electrons. The zero-order chi connectivity index (χ0) is 20.7. The van der Waals surface area contributed by atoms with E-state index in [2.05, 4.69) is 5.32 Å². The van der Waals surface area contributed by atoms with Crippen molar-refractivity contribution in [3.05, 3.63) is 46.7 Å². The van der Waals surface area contributed by atoms with Crippen LogP contribution in [-0.2, 0) is 14.3 Å². The van der Waals surface area contributed by atoms with Gasteiger partial charge in [-0.2, -0.15) is 0 Å². The van der Waals surface area contributed by atoms with Crippen LogP contribution in [0.5, 0.6) is 5.75 Å². The van der Waals surface area contributed by atoms with Crippen LogP contribution in [0, 0.1) is 13.8 Å². The molecule has 0 saturated heterocycles. The zero-order valence-electron chi connectivity index (χ0n) is 16.3. The van der Waals surface area contributed by atoms with Gasteiger partial charge in [0.05, 0.1) is 13.2 Å². The summed E-state index contributed by atoms with van der Waals surface area (Å²) < 4.78 is 20.8. The van der Waals surface area contributed by atoms with Crippen LogP contribution in [0.25, 0.3) is 0 Å². The van der Waals surface area contributed by atoms with Crippen LogP contribution >= 0.6 is 0 Å². The molecule has 0 bridgehead atoms. The molecule has 0 aliphatic heterocycles. The summed E-state index contributed by atoms with van der Waals surface area (Å²) in [5.74, 6) is -1.60. The molecule has 0 aliphatic rings. The number of benzene rings is 1. The highest BCUT2D eigenvalue weighted by atomic mass is 16.5. The fraction of sp³-hybridized carbons (Fsp3) is 0.350. The molecule has 8 nitrogen and oxygen atoms in total. The summed E-state index contributed by atoms with van der Waals surface area (Å²) in [5.41, 5.74) is 0.736. The summed E-state index contributed by atoms with van der Waals surface area (Å²) in [6, 6.07) is 7.22. The summed E-state index contributed by atoms with van der Waals surface area (Å²) in [5, 5.41) is 2.45. The smallest absolute Gasteiger partial charge is 0.344 e. The molecule has 1 amide bonds. The van der Waals surface area contributed by atoms with E-state index < -0.39 is 17.8 Å². The van der Waals surface area contributed by atoms with Gasteiger partial charge in [0.1, 0.15) is 22.6 Å². The minimum atomic E-state index is -0.794. The van der Waals surface area contributed by atoms with E-state index in [0.29, 0.717) is 5.75 Å². The fourth-order valence-electron chi connectivity index (χ4n) is 2.50. The Labute approximate surface area is 162 Å². The minimum absolute atomic E-state index is 0.0739. The first-order valence-electron chi connectivity index (χ1n) is 8.84. The second kappa shape index (κ2) is 9.59. The van der Waals surface area contributed by atoms with Crippen LogP contribution in [0.2, 0.25) is 0 Å². The second-order valence-electron chi connectivity index (χ2n) is 5.83. The maximum atomic E-state index is 12.3. The average molecular weight is 389 g/mol. The van der Waals surface area contributed by atoms with Gasteiger partial charge in [0.2, 0.25) is 5.88 Å². The molecule has 0 unspecified atom stereocenters. The van der Waals surface area contributed by atoms with Gasteiger partial charge in [-0.1, -0.05) is 12.1 Å². The van der Waals surface area contributed by atoms with Crippen molar-refractivity contribution >= 4 is 23.7 Å². The maximum Gasteiger partial charge on any atom is 0.344 e. The predicted octanol–water partition coefficient (Wildman–Crippen LogP) is 3.27. The molecule has 2 rings (SSSR count). The van der Waals surface area contributed by atoms with E-state index >= 15 is 0 Å². The Bertz CT molecular complexity index is 869. The van der Waals surface area contributed by atoms with Gasteiger partial charge in [-0.05, 0) is 45.4 Å². The molecule has 0 fully saturated rings. The SMILES string of the molecule is CCOC(=O)c1c(C)oc(NC(=O)COc2cccc(C)c2)c1C(=O)OCC. The Kier molecular flexibility index (Phi) is 7.20. The lowest BCUT2D eigenvalue weighted by molar-refractivity contribution is -0.118. The first kappa shape index (κ1) is 21.0. The Morgan fingerprint density at radius 3 is 2.25 bits per heavy atom. The molecule has 0 saturated carbocycles. The van der Waals surface area contributed by atoms with E-state index in [9.17, 15) is 14.4 Å². The second-order valence-corrected chi connectivity index (χ2v) is 5.83. The molecule has 8 heteroatoms. The van der Waals surface area contributed by atoms with Gasteiger partial charge in [0.25, 0.3) is 5.91 Å². The number of amides is 1. The van der Waals surface area contributed by atoms with E-state index in [1.54, 1.807) is 26.0 Å². The minimum Gasteiger partial charge on any atom is -0.484 e. The van der Waals surface area contributed by atoms with Crippen LogP contribution in [0.15, 0.2) is 28.7 Å². The van der Waals surface area contributed by atoms with Crippen molar-refractivity contribution in [3.63, 3.8) is 0 Å². The Morgan fingerprint density at radius 1 is 1.00 bits per heavy atom. The Hall–Kier alpha value is -3.29. The normalized spacial score (nSPS) is 10.3. The predicted molar refractivity (Wildman–Crippen MR) is 101 cm³/mol. The first-order chi connectivity index (χ1) is 13.4. The molecule has 2 aromatic rings. The van der Waals surface area contributed by atoms with Gasteiger partial charge in [-0.25, -0.2) is 9.59 Å². The van der Waals surface area contributed by atoms with E-state index in [4.69, 9.17) is 18.6 Å². The van der Waals surface area contributed by atoms with Gasteiger partial charge in [-0.3, -0.25) is 10.1 Å². The lowest BCUT2D eigenvalue weighted by atomic mass is 10.1. The van der Waals surface area contributed by atoms with Crippen molar-refractivity contribution < 1.29 is 33.0 Å². The van der Waals surface area contributed by atoms with Gasteiger partial charge in [0.15, 0.2) is 6.61 Å². The van der Waals surface area contributed by atoms with E-state index in [1.165, 1.54) is 6.92 Å².